The maximum atomic E-state index is 13.8. The third kappa shape index (κ3) is 12.4. The number of benzene rings is 1. The van der Waals surface area contributed by atoms with Crippen molar-refractivity contribution in [1.82, 2.24) is 15.7 Å². The van der Waals surface area contributed by atoms with Gasteiger partial charge in [-0.25, -0.2) is 5.06 Å². The first-order valence-electron chi connectivity index (χ1n) is 15.4. The van der Waals surface area contributed by atoms with E-state index in [1.165, 1.54) is 24.3 Å². The van der Waals surface area contributed by atoms with E-state index in [9.17, 15) is 33.7 Å². The molecule has 2 aromatic rings. The summed E-state index contributed by atoms with van der Waals surface area (Å²) < 4.78 is 45.3. The summed E-state index contributed by atoms with van der Waals surface area (Å²) in [5.74, 6) is -2.89. The largest absolute Gasteiger partial charge is 0.494 e. The quantitative estimate of drug-likeness (QED) is 0.0304. The molecule has 266 valence electrons. The molecule has 0 spiro atoms. The maximum Gasteiger partial charge on any atom is 0.367 e. The van der Waals surface area contributed by atoms with Crippen molar-refractivity contribution in [2.24, 2.45) is 5.92 Å². The third-order valence-electron chi connectivity index (χ3n) is 6.90. The predicted octanol–water partition coefficient (Wildman–Crippen LogP) is 3.86. The zero-order valence-electron chi connectivity index (χ0n) is 27.7. The van der Waals surface area contributed by atoms with E-state index in [1.54, 1.807) is 19.9 Å². The number of amides is 3. The molecule has 1 aromatic heterocycles. The van der Waals surface area contributed by atoms with Crippen molar-refractivity contribution < 1.29 is 61.4 Å². The first kappa shape index (κ1) is 39.9. The van der Waals surface area contributed by atoms with Gasteiger partial charge in [0.2, 0.25) is 25.9 Å². The van der Waals surface area contributed by atoms with Crippen LogP contribution in [0, 0.1) is 5.92 Å². The van der Waals surface area contributed by atoms with E-state index in [4.69, 9.17) is 27.7 Å². The summed E-state index contributed by atoms with van der Waals surface area (Å²) >= 11 is 0. The number of ether oxygens (including phenoxy) is 3. The Morgan fingerprint density at radius 3 is 2.21 bits per heavy atom. The predicted molar refractivity (Wildman–Crippen MR) is 170 cm³/mol. The second-order valence-corrected chi connectivity index (χ2v) is 12.4. The second kappa shape index (κ2) is 20.2. The first-order valence-corrected chi connectivity index (χ1v) is 17.0. The number of esters is 2. The first-order chi connectivity index (χ1) is 22.9. The minimum absolute atomic E-state index is 0.0530. The minimum atomic E-state index is -4.29. The highest BCUT2D eigenvalue weighted by Crippen LogP contribution is 2.48. The average molecular weight is 698 g/mol. The lowest BCUT2D eigenvalue weighted by Gasteiger charge is -2.29. The molecule has 16 nitrogen and oxygen atoms in total. The van der Waals surface area contributed by atoms with Crippen molar-refractivity contribution in [2.75, 3.05) is 26.9 Å². The molecule has 2 rings (SSSR count). The third-order valence-corrected chi connectivity index (χ3v) is 8.68. The summed E-state index contributed by atoms with van der Waals surface area (Å²) in [5, 5.41) is 15.6. The zero-order chi connectivity index (χ0) is 35.7. The van der Waals surface area contributed by atoms with E-state index in [0.717, 1.165) is 33.1 Å². The maximum absolute atomic E-state index is 13.8. The minimum Gasteiger partial charge on any atom is -0.494 e. The SMILES string of the molecule is CCCCC[C@@H](C(=O)NCNC(=O)c1ccc(-c2cc(OCC)cc(P(=O)(OCOC(C)=O)OCOC(C)=O)c2)o1)[C@@H](CC)N(O)C=O. The summed E-state index contributed by atoms with van der Waals surface area (Å²) in [4.78, 5) is 59.6. The molecule has 0 unspecified atom stereocenters. The lowest BCUT2D eigenvalue weighted by Crippen LogP contribution is -2.47. The Balaban J connectivity index is 2.25. The molecular weight excluding hydrogens is 653 g/mol. The van der Waals surface area contributed by atoms with Crippen molar-refractivity contribution in [3.63, 3.8) is 0 Å². The zero-order valence-corrected chi connectivity index (χ0v) is 28.6. The number of hydrogen-bond acceptors (Lipinski definition) is 13. The van der Waals surface area contributed by atoms with Gasteiger partial charge in [0.15, 0.2) is 5.76 Å². The fraction of sp³-hybridized carbons (Fsp3) is 0.516. The van der Waals surface area contributed by atoms with E-state index in [1.807, 2.05) is 6.92 Å². The van der Waals surface area contributed by atoms with Gasteiger partial charge in [-0.2, -0.15) is 0 Å². The van der Waals surface area contributed by atoms with E-state index < -0.39 is 56.9 Å². The molecule has 17 heteroatoms. The molecule has 0 saturated carbocycles. The van der Waals surface area contributed by atoms with Crippen LogP contribution in [0.15, 0.2) is 34.7 Å². The topological polar surface area (TPSA) is 209 Å². The van der Waals surface area contributed by atoms with Crippen LogP contribution in [-0.4, -0.2) is 73.3 Å². The molecule has 0 fully saturated rings. The fourth-order valence-electron chi connectivity index (χ4n) is 4.57. The van der Waals surface area contributed by atoms with Crippen LogP contribution >= 0.6 is 7.60 Å². The van der Waals surface area contributed by atoms with E-state index in [-0.39, 0.29) is 42.3 Å². The lowest BCUT2D eigenvalue weighted by molar-refractivity contribution is -0.168. The Hall–Kier alpha value is -4.24. The number of nitrogens with one attached hydrogen (secondary N) is 2. The molecular formula is C31H44N3O13P. The number of furan rings is 1. The summed E-state index contributed by atoms with van der Waals surface area (Å²) in [6, 6.07) is 6.47. The molecule has 1 aromatic carbocycles. The van der Waals surface area contributed by atoms with E-state index in [2.05, 4.69) is 10.6 Å². The summed E-state index contributed by atoms with van der Waals surface area (Å²) in [7, 11) is -4.29. The van der Waals surface area contributed by atoms with Crippen molar-refractivity contribution >= 4 is 43.1 Å². The molecule has 2 atom stereocenters. The number of unbranched alkanes of at least 4 members (excludes halogenated alkanes) is 2. The molecule has 0 aliphatic rings. The van der Waals surface area contributed by atoms with Gasteiger partial charge in [0.25, 0.3) is 5.91 Å². The number of carbonyl (C=O) groups excluding carboxylic acids is 5. The van der Waals surface area contributed by atoms with Gasteiger partial charge >= 0.3 is 19.5 Å². The number of rotatable bonds is 22. The van der Waals surface area contributed by atoms with Gasteiger partial charge in [0, 0.05) is 19.4 Å². The highest BCUT2D eigenvalue weighted by atomic mass is 31.2. The van der Waals surface area contributed by atoms with Gasteiger partial charge < -0.3 is 29.3 Å². The monoisotopic (exact) mass is 697 g/mol. The Morgan fingerprint density at radius 2 is 1.65 bits per heavy atom. The molecule has 0 radical (unpaired) electrons. The smallest absolute Gasteiger partial charge is 0.367 e. The summed E-state index contributed by atoms with van der Waals surface area (Å²) in [6.07, 6.45) is 3.57. The van der Waals surface area contributed by atoms with Gasteiger partial charge in [-0.15, -0.1) is 0 Å². The highest BCUT2D eigenvalue weighted by Gasteiger charge is 2.32. The summed E-state index contributed by atoms with van der Waals surface area (Å²) in [6.45, 7) is 6.29. The van der Waals surface area contributed by atoms with Gasteiger partial charge in [0.1, 0.15) is 11.5 Å². The number of hydroxylamine groups is 2. The van der Waals surface area contributed by atoms with Crippen LogP contribution in [0.2, 0.25) is 0 Å². The lowest BCUT2D eigenvalue weighted by atomic mass is 9.90. The van der Waals surface area contributed by atoms with Gasteiger partial charge in [-0.1, -0.05) is 33.1 Å². The number of carbonyl (C=O) groups is 5. The Morgan fingerprint density at radius 1 is 0.979 bits per heavy atom. The average Bonchev–Trinajstić information content (AvgIpc) is 3.54. The second-order valence-electron chi connectivity index (χ2n) is 10.4. The van der Waals surface area contributed by atoms with Crippen LogP contribution < -0.4 is 20.7 Å². The Kier molecular flexibility index (Phi) is 16.8. The van der Waals surface area contributed by atoms with Gasteiger partial charge in [-0.05, 0) is 50.1 Å². The number of nitrogens with zero attached hydrogens (tertiary/aromatic N) is 1. The molecule has 48 heavy (non-hydrogen) atoms. The van der Waals surface area contributed by atoms with Crippen molar-refractivity contribution in [1.29, 1.82) is 0 Å². The fourth-order valence-corrected chi connectivity index (χ4v) is 5.91. The van der Waals surface area contributed by atoms with Gasteiger partial charge in [0.05, 0.1) is 30.5 Å². The number of hydrogen-bond donors (Lipinski definition) is 3. The molecule has 3 amide bonds. The van der Waals surface area contributed by atoms with Crippen LogP contribution in [0.1, 0.15) is 77.3 Å². The van der Waals surface area contributed by atoms with E-state index >= 15 is 0 Å². The van der Waals surface area contributed by atoms with Gasteiger partial charge in [-0.3, -0.25) is 42.8 Å². The van der Waals surface area contributed by atoms with Crippen LogP contribution in [0.5, 0.6) is 5.75 Å². The standard InChI is InChI=1S/C31H44N3O13P/c1-6-9-10-11-26(27(7-2)34(40)18-35)30(38)32-17-33-31(39)29-13-12-28(47-29)23-14-24(42-8-3)16-25(15-23)48(41,45-19-43-21(4)36)46-20-44-22(5)37/h12-16,18,26-27,40H,6-11,17,19-20H2,1-5H3,(H,32,38)(H,33,39)/t26-,27-/m1/s1. The van der Waals surface area contributed by atoms with Crippen LogP contribution in [0.25, 0.3) is 11.3 Å². The van der Waals surface area contributed by atoms with Crippen LogP contribution in [0.4, 0.5) is 0 Å². The Labute approximate surface area is 278 Å². The molecule has 0 saturated heterocycles. The van der Waals surface area contributed by atoms with Crippen LogP contribution in [-0.2, 0) is 42.3 Å². The van der Waals surface area contributed by atoms with Crippen molar-refractivity contribution in [3.8, 4) is 17.1 Å². The molecule has 0 aliphatic heterocycles. The highest BCUT2D eigenvalue weighted by molar-refractivity contribution is 7.62. The van der Waals surface area contributed by atoms with Crippen molar-refractivity contribution in [3.05, 3.63) is 36.1 Å². The molecule has 0 bridgehead atoms. The Bertz CT molecular complexity index is 1410. The normalized spacial score (nSPS) is 12.4. The molecule has 3 N–H and O–H groups in total. The summed E-state index contributed by atoms with van der Waals surface area (Å²) in [5.41, 5.74) is 0.306. The van der Waals surface area contributed by atoms with E-state index in [0.29, 0.717) is 23.5 Å². The molecule has 0 aliphatic carbocycles. The van der Waals surface area contributed by atoms with Crippen LogP contribution in [0.3, 0.4) is 0 Å². The molecule has 1 heterocycles. The van der Waals surface area contributed by atoms with Crippen molar-refractivity contribution in [2.45, 2.75) is 72.8 Å².